The average molecular weight is 239 g/mol. The first-order valence-electron chi connectivity index (χ1n) is 6.28. The summed E-state index contributed by atoms with van der Waals surface area (Å²) >= 11 is 0. The van der Waals surface area contributed by atoms with Crippen molar-refractivity contribution in [2.24, 2.45) is 5.73 Å². The largest absolute Gasteiger partial charge is 0.319 e. The van der Waals surface area contributed by atoms with Gasteiger partial charge in [0.2, 0.25) is 0 Å². The molecule has 1 aromatic heterocycles. The first-order chi connectivity index (χ1) is 8.58. The number of hydrogen-bond donors (Lipinski definition) is 1. The molecular formula is C15H17N3. The summed E-state index contributed by atoms with van der Waals surface area (Å²) in [5, 5.41) is 0. The van der Waals surface area contributed by atoms with Crippen LogP contribution in [0, 0.1) is 13.8 Å². The van der Waals surface area contributed by atoms with Gasteiger partial charge in [-0.15, -0.1) is 0 Å². The highest BCUT2D eigenvalue weighted by molar-refractivity contribution is 5.60. The summed E-state index contributed by atoms with van der Waals surface area (Å²) in [7, 11) is 0. The van der Waals surface area contributed by atoms with Gasteiger partial charge in [-0.3, -0.25) is 0 Å². The van der Waals surface area contributed by atoms with Crippen molar-refractivity contribution in [1.82, 2.24) is 9.97 Å². The Kier molecular flexibility index (Phi) is 2.45. The van der Waals surface area contributed by atoms with Crippen molar-refractivity contribution in [3.05, 3.63) is 47.4 Å². The summed E-state index contributed by atoms with van der Waals surface area (Å²) in [5.74, 6) is 0.776. The van der Waals surface area contributed by atoms with E-state index in [9.17, 15) is 0 Å². The molecule has 18 heavy (non-hydrogen) atoms. The zero-order valence-electron chi connectivity index (χ0n) is 10.8. The van der Waals surface area contributed by atoms with Crippen molar-refractivity contribution >= 4 is 0 Å². The lowest BCUT2D eigenvalue weighted by Crippen LogP contribution is -2.22. The number of nitrogens with zero attached hydrogens (tertiary/aromatic N) is 2. The number of rotatable bonds is 2. The number of nitrogens with two attached hydrogens (primary N) is 1. The third kappa shape index (κ3) is 1.91. The Morgan fingerprint density at radius 1 is 1.11 bits per heavy atom. The highest BCUT2D eigenvalue weighted by Crippen LogP contribution is 2.40. The fourth-order valence-electron chi connectivity index (χ4n) is 2.02. The molecule has 2 aromatic rings. The second-order valence-corrected chi connectivity index (χ2v) is 5.22. The molecule has 2 N–H and O–H groups in total. The molecule has 0 aliphatic heterocycles. The lowest BCUT2D eigenvalue weighted by molar-refractivity contribution is 0.673. The molecule has 92 valence electrons. The molecule has 1 aliphatic rings. The predicted molar refractivity (Wildman–Crippen MR) is 72.0 cm³/mol. The van der Waals surface area contributed by atoms with E-state index in [0.29, 0.717) is 0 Å². The van der Waals surface area contributed by atoms with Gasteiger partial charge in [0, 0.05) is 11.8 Å². The number of aryl methyl sites for hydroxylation is 2. The summed E-state index contributed by atoms with van der Waals surface area (Å²) < 4.78 is 0. The van der Waals surface area contributed by atoms with Crippen LogP contribution in [-0.4, -0.2) is 9.97 Å². The molecule has 0 atom stereocenters. The molecule has 0 amide bonds. The molecule has 0 saturated heterocycles. The molecule has 1 aliphatic carbocycles. The van der Waals surface area contributed by atoms with E-state index in [2.05, 4.69) is 42.0 Å². The number of benzene rings is 1. The van der Waals surface area contributed by atoms with Crippen LogP contribution in [0.1, 0.15) is 29.8 Å². The van der Waals surface area contributed by atoms with Crippen molar-refractivity contribution in [1.29, 1.82) is 0 Å². The molecule has 1 aromatic carbocycles. The summed E-state index contributed by atoms with van der Waals surface area (Å²) in [6, 6.07) is 8.34. The molecule has 1 heterocycles. The van der Waals surface area contributed by atoms with Gasteiger partial charge in [-0.25, -0.2) is 9.97 Å². The first kappa shape index (κ1) is 11.4. The van der Waals surface area contributed by atoms with Crippen LogP contribution >= 0.6 is 0 Å². The summed E-state index contributed by atoms with van der Waals surface area (Å²) in [4.78, 5) is 8.91. The van der Waals surface area contributed by atoms with Gasteiger partial charge >= 0.3 is 0 Å². The van der Waals surface area contributed by atoms with Crippen LogP contribution in [-0.2, 0) is 5.54 Å². The molecule has 0 unspecified atom stereocenters. The van der Waals surface area contributed by atoms with Crippen molar-refractivity contribution in [3.8, 4) is 11.3 Å². The van der Waals surface area contributed by atoms with Gasteiger partial charge in [0.05, 0.1) is 11.2 Å². The predicted octanol–water partition coefficient (Wildman–Crippen LogP) is 2.71. The van der Waals surface area contributed by atoms with Gasteiger partial charge in [-0.1, -0.05) is 12.1 Å². The molecular weight excluding hydrogens is 222 g/mol. The highest BCUT2D eigenvalue weighted by atomic mass is 15.0. The molecule has 1 saturated carbocycles. The summed E-state index contributed by atoms with van der Waals surface area (Å²) in [5.41, 5.74) is 10.5. The van der Waals surface area contributed by atoms with E-state index in [1.807, 2.05) is 6.07 Å². The second-order valence-electron chi connectivity index (χ2n) is 5.22. The molecule has 0 spiro atoms. The van der Waals surface area contributed by atoms with E-state index in [1.54, 1.807) is 6.20 Å². The maximum atomic E-state index is 6.14. The Labute approximate surface area is 107 Å². The van der Waals surface area contributed by atoms with E-state index in [0.717, 1.165) is 29.9 Å². The number of hydrogen-bond acceptors (Lipinski definition) is 3. The van der Waals surface area contributed by atoms with Crippen molar-refractivity contribution in [3.63, 3.8) is 0 Å². The minimum Gasteiger partial charge on any atom is -0.319 e. The molecule has 1 fully saturated rings. The normalized spacial score (nSPS) is 16.6. The second kappa shape index (κ2) is 3.89. The highest BCUT2D eigenvalue weighted by Gasteiger charge is 2.43. The quantitative estimate of drug-likeness (QED) is 0.876. The van der Waals surface area contributed by atoms with Crippen molar-refractivity contribution < 1.29 is 0 Å². The Bertz CT molecular complexity index is 600. The Morgan fingerprint density at radius 3 is 2.56 bits per heavy atom. The fraction of sp³-hybridized carbons (Fsp3) is 0.333. The van der Waals surface area contributed by atoms with Gasteiger partial charge in [0.25, 0.3) is 0 Å². The van der Waals surface area contributed by atoms with Gasteiger partial charge in [-0.05, 0) is 49.9 Å². The third-order valence-corrected chi connectivity index (χ3v) is 3.69. The average Bonchev–Trinajstić information content (AvgIpc) is 3.12. The standard InChI is InChI=1S/C15H17N3/c1-10-3-4-12(9-11(10)2)13-5-8-17-14(18-13)15(16)6-7-15/h3-5,8-9H,6-7,16H2,1-2H3. The lowest BCUT2D eigenvalue weighted by atomic mass is 10.0. The lowest BCUT2D eigenvalue weighted by Gasteiger charge is -2.09. The maximum Gasteiger partial charge on any atom is 0.148 e. The van der Waals surface area contributed by atoms with Crippen LogP contribution in [0.4, 0.5) is 0 Å². The Morgan fingerprint density at radius 2 is 1.89 bits per heavy atom. The SMILES string of the molecule is Cc1ccc(-c2ccnc(C3(N)CC3)n2)cc1C. The Balaban J connectivity index is 2.03. The smallest absolute Gasteiger partial charge is 0.148 e. The molecule has 3 nitrogen and oxygen atoms in total. The van der Waals surface area contributed by atoms with Crippen LogP contribution in [0.5, 0.6) is 0 Å². The van der Waals surface area contributed by atoms with Gasteiger partial charge in [0.1, 0.15) is 5.82 Å². The zero-order valence-corrected chi connectivity index (χ0v) is 10.8. The van der Waals surface area contributed by atoms with E-state index in [4.69, 9.17) is 5.73 Å². The van der Waals surface area contributed by atoms with Crippen LogP contribution in [0.15, 0.2) is 30.5 Å². The zero-order chi connectivity index (χ0) is 12.8. The number of aromatic nitrogens is 2. The van der Waals surface area contributed by atoms with E-state index in [1.165, 1.54) is 11.1 Å². The van der Waals surface area contributed by atoms with Crippen LogP contribution in [0.3, 0.4) is 0 Å². The molecule has 3 rings (SSSR count). The van der Waals surface area contributed by atoms with E-state index >= 15 is 0 Å². The van der Waals surface area contributed by atoms with E-state index in [-0.39, 0.29) is 5.54 Å². The van der Waals surface area contributed by atoms with Crippen LogP contribution in [0.25, 0.3) is 11.3 Å². The Hall–Kier alpha value is -1.74. The molecule has 0 radical (unpaired) electrons. The van der Waals surface area contributed by atoms with E-state index < -0.39 is 0 Å². The molecule has 3 heteroatoms. The topological polar surface area (TPSA) is 51.8 Å². The monoisotopic (exact) mass is 239 g/mol. The summed E-state index contributed by atoms with van der Waals surface area (Å²) in [6.45, 7) is 4.23. The molecule has 0 bridgehead atoms. The minimum absolute atomic E-state index is 0.268. The van der Waals surface area contributed by atoms with Gasteiger partial charge < -0.3 is 5.73 Å². The van der Waals surface area contributed by atoms with Gasteiger partial charge in [0.15, 0.2) is 0 Å². The third-order valence-electron chi connectivity index (χ3n) is 3.69. The van der Waals surface area contributed by atoms with Crippen molar-refractivity contribution in [2.75, 3.05) is 0 Å². The van der Waals surface area contributed by atoms with Crippen LogP contribution in [0.2, 0.25) is 0 Å². The van der Waals surface area contributed by atoms with Gasteiger partial charge in [-0.2, -0.15) is 0 Å². The maximum absolute atomic E-state index is 6.14. The minimum atomic E-state index is -0.268. The fourth-order valence-corrected chi connectivity index (χ4v) is 2.02. The summed E-state index contributed by atoms with van der Waals surface area (Å²) in [6.07, 6.45) is 3.78. The van der Waals surface area contributed by atoms with Crippen LogP contribution < -0.4 is 5.73 Å². The van der Waals surface area contributed by atoms with Crippen molar-refractivity contribution in [2.45, 2.75) is 32.2 Å². The first-order valence-corrected chi connectivity index (χ1v) is 6.28.